The van der Waals surface area contributed by atoms with Gasteiger partial charge in [-0.3, -0.25) is 0 Å². The standard InChI is InChI=1S/C13H14Cl2N2O3S/c14-9-6-8(12(18)19)7-10(15)11(9)16-13(20)17-2-1-4-21-5-3-17/h6-7H,1-5H2,(H,16,20)(H,18,19). The zero-order chi connectivity index (χ0) is 15.4. The number of hydrogen-bond donors (Lipinski definition) is 2. The van der Waals surface area contributed by atoms with Crippen LogP contribution in [0, 0.1) is 0 Å². The van der Waals surface area contributed by atoms with Crippen LogP contribution in [0.3, 0.4) is 0 Å². The van der Waals surface area contributed by atoms with Crippen LogP contribution in [0.15, 0.2) is 12.1 Å². The Bertz CT molecular complexity index is 537. The van der Waals surface area contributed by atoms with E-state index in [2.05, 4.69) is 5.32 Å². The van der Waals surface area contributed by atoms with E-state index in [9.17, 15) is 9.59 Å². The fourth-order valence-electron chi connectivity index (χ4n) is 1.95. The largest absolute Gasteiger partial charge is 0.478 e. The fourth-order valence-corrected chi connectivity index (χ4v) is 3.42. The van der Waals surface area contributed by atoms with Gasteiger partial charge >= 0.3 is 12.0 Å². The first-order chi connectivity index (χ1) is 9.99. The SMILES string of the molecule is O=C(O)c1cc(Cl)c(NC(=O)N2CCCSCC2)c(Cl)c1. The van der Waals surface area contributed by atoms with Crippen LogP contribution in [0.25, 0.3) is 0 Å². The van der Waals surface area contributed by atoms with Crippen LogP contribution in [-0.2, 0) is 0 Å². The van der Waals surface area contributed by atoms with Gasteiger partial charge in [-0.05, 0) is 24.3 Å². The number of amides is 2. The maximum Gasteiger partial charge on any atom is 0.335 e. The van der Waals surface area contributed by atoms with Crippen LogP contribution >= 0.6 is 35.0 Å². The molecule has 0 spiro atoms. The third-order valence-corrected chi connectivity index (χ3v) is 4.68. The molecule has 0 atom stereocenters. The molecule has 0 aromatic heterocycles. The molecule has 1 aromatic carbocycles. The lowest BCUT2D eigenvalue weighted by molar-refractivity contribution is 0.0697. The van der Waals surface area contributed by atoms with Gasteiger partial charge in [0.15, 0.2) is 0 Å². The molecule has 1 aromatic rings. The van der Waals surface area contributed by atoms with Gasteiger partial charge in [0.1, 0.15) is 0 Å². The summed E-state index contributed by atoms with van der Waals surface area (Å²) in [6.07, 6.45) is 0.942. The molecule has 0 unspecified atom stereocenters. The van der Waals surface area contributed by atoms with Crippen molar-refractivity contribution in [2.45, 2.75) is 6.42 Å². The van der Waals surface area contributed by atoms with Gasteiger partial charge in [0.2, 0.25) is 0 Å². The molecule has 1 saturated heterocycles. The Morgan fingerprint density at radius 2 is 1.86 bits per heavy atom. The summed E-state index contributed by atoms with van der Waals surface area (Å²) in [5.41, 5.74) is 0.222. The molecule has 1 heterocycles. The van der Waals surface area contributed by atoms with Gasteiger partial charge in [0, 0.05) is 18.8 Å². The van der Waals surface area contributed by atoms with Crippen molar-refractivity contribution in [1.29, 1.82) is 0 Å². The molecular formula is C13H14Cl2N2O3S. The van der Waals surface area contributed by atoms with E-state index in [0.717, 1.165) is 17.9 Å². The molecule has 2 amide bonds. The van der Waals surface area contributed by atoms with E-state index in [4.69, 9.17) is 28.3 Å². The molecule has 0 saturated carbocycles. The molecule has 1 fully saturated rings. The van der Waals surface area contributed by atoms with Crippen LogP contribution in [-0.4, -0.2) is 46.6 Å². The molecule has 0 aliphatic carbocycles. The predicted molar refractivity (Wildman–Crippen MR) is 86.0 cm³/mol. The first-order valence-corrected chi connectivity index (χ1v) is 8.26. The van der Waals surface area contributed by atoms with Crippen LogP contribution in [0.1, 0.15) is 16.8 Å². The number of nitrogens with zero attached hydrogens (tertiary/aromatic N) is 1. The molecule has 0 bridgehead atoms. The number of nitrogens with one attached hydrogen (secondary N) is 1. The van der Waals surface area contributed by atoms with E-state index in [-0.39, 0.29) is 27.3 Å². The fraction of sp³-hybridized carbons (Fsp3) is 0.385. The quantitative estimate of drug-likeness (QED) is 0.855. The smallest absolute Gasteiger partial charge is 0.335 e. The van der Waals surface area contributed by atoms with Gasteiger partial charge in [-0.15, -0.1) is 0 Å². The van der Waals surface area contributed by atoms with Gasteiger partial charge in [-0.25, -0.2) is 9.59 Å². The van der Waals surface area contributed by atoms with Crippen molar-refractivity contribution in [3.63, 3.8) is 0 Å². The molecule has 2 N–H and O–H groups in total. The van der Waals surface area contributed by atoms with E-state index in [1.807, 2.05) is 11.8 Å². The summed E-state index contributed by atoms with van der Waals surface area (Å²) >= 11 is 13.8. The molecule has 1 aliphatic rings. The Morgan fingerprint density at radius 1 is 1.19 bits per heavy atom. The lowest BCUT2D eigenvalue weighted by Gasteiger charge is -2.21. The maximum absolute atomic E-state index is 12.2. The number of halogens is 2. The summed E-state index contributed by atoms with van der Waals surface area (Å²) in [5.74, 6) is 0.812. The first-order valence-electron chi connectivity index (χ1n) is 6.35. The molecular weight excluding hydrogens is 335 g/mol. The summed E-state index contributed by atoms with van der Waals surface area (Å²) in [7, 11) is 0. The highest BCUT2D eigenvalue weighted by atomic mass is 35.5. The monoisotopic (exact) mass is 348 g/mol. The Kier molecular flexibility index (Phi) is 5.61. The normalized spacial score (nSPS) is 15.4. The number of urea groups is 1. The van der Waals surface area contributed by atoms with Crippen molar-refractivity contribution in [2.75, 3.05) is 29.9 Å². The summed E-state index contributed by atoms with van der Waals surface area (Å²) in [5, 5.41) is 11.8. The van der Waals surface area contributed by atoms with Gasteiger partial charge in [0.05, 0.1) is 21.3 Å². The molecule has 5 nitrogen and oxygen atoms in total. The van der Waals surface area contributed by atoms with Crippen molar-refractivity contribution in [3.8, 4) is 0 Å². The number of carbonyl (C=O) groups excluding carboxylic acids is 1. The summed E-state index contributed by atoms with van der Waals surface area (Å²) in [6, 6.07) is 2.26. The van der Waals surface area contributed by atoms with Crippen molar-refractivity contribution < 1.29 is 14.7 Å². The minimum Gasteiger partial charge on any atom is -0.478 e. The second kappa shape index (κ2) is 7.24. The van der Waals surface area contributed by atoms with Crippen LogP contribution < -0.4 is 5.32 Å². The topological polar surface area (TPSA) is 69.6 Å². The number of carboxylic acids is 1. The van der Waals surface area contributed by atoms with Crippen molar-refractivity contribution >= 4 is 52.7 Å². The zero-order valence-corrected chi connectivity index (χ0v) is 13.4. The van der Waals surface area contributed by atoms with Crippen LogP contribution in [0.5, 0.6) is 0 Å². The van der Waals surface area contributed by atoms with E-state index in [1.165, 1.54) is 12.1 Å². The molecule has 114 valence electrons. The number of anilines is 1. The number of rotatable bonds is 2. The minimum absolute atomic E-state index is 0.0193. The molecule has 2 rings (SSSR count). The Balaban J connectivity index is 2.15. The molecule has 1 aliphatic heterocycles. The number of thioether (sulfide) groups is 1. The highest BCUT2D eigenvalue weighted by molar-refractivity contribution is 7.99. The van der Waals surface area contributed by atoms with Gasteiger partial charge < -0.3 is 15.3 Å². The summed E-state index contributed by atoms with van der Waals surface area (Å²) in [6.45, 7) is 1.35. The average molecular weight is 349 g/mol. The highest BCUT2D eigenvalue weighted by Gasteiger charge is 2.19. The van der Waals surface area contributed by atoms with E-state index in [0.29, 0.717) is 13.1 Å². The Morgan fingerprint density at radius 3 is 2.48 bits per heavy atom. The first kappa shape index (κ1) is 16.3. The second-order valence-corrected chi connectivity index (χ2v) is 6.54. The minimum atomic E-state index is -1.12. The van der Waals surface area contributed by atoms with Crippen LogP contribution in [0.4, 0.5) is 10.5 Å². The van der Waals surface area contributed by atoms with Crippen LogP contribution in [0.2, 0.25) is 10.0 Å². The zero-order valence-electron chi connectivity index (χ0n) is 11.1. The Hall–Kier alpha value is -1.11. The van der Waals surface area contributed by atoms with Crippen molar-refractivity contribution in [1.82, 2.24) is 4.90 Å². The Labute approximate surface area is 136 Å². The third-order valence-electron chi connectivity index (χ3n) is 3.03. The van der Waals surface area contributed by atoms with E-state index >= 15 is 0 Å². The van der Waals surface area contributed by atoms with Gasteiger partial charge in [-0.1, -0.05) is 23.2 Å². The second-order valence-electron chi connectivity index (χ2n) is 4.50. The van der Waals surface area contributed by atoms with E-state index in [1.54, 1.807) is 4.90 Å². The van der Waals surface area contributed by atoms with Gasteiger partial charge in [-0.2, -0.15) is 11.8 Å². The number of carboxylic acid groups (broad SMARTS) is 1. The summed E-state index contributed by atoms with van der Waals surface area (Å²) in [4.78, 5) is 24.8. The number of carbonyl (C=O) groups is 2. The maximum atomic E-state index is 12.2. The summed E-state index contributed by atoms with van der Waals surface area (Å²) < 4.78 is 0. The molecule has 0 radical (unpaired) electrons. The molecule has 8 heteroatoms. The number of aromatic carboxylic acids is 1. The third kappa shape index (κ3) is 4.18. The van der Waals surface area contributed by atoms with E-state index < -0.39 is 5.97 Å². The highest BCUT2D eigenvalue weighted by Crippen LogP contribution is 2.32. The number of hydrogen-bond acceptors (Lipinski definition) is 3. The van der Waals surface area contributed by atoms with Crippen molar-refractivity contribution in [3.05, 3.63) is 27.7 Å². The lowest BCUT2D eigenvalue weighted by Crippen LogP contribution is -2.36. The molecule has 21 heavy (non-hydrogen) atoms. The number of benzene rings is 1. The average Bonchev–Trinajstić information content (AvgIpc) is 2.71. The van der Waals surface area contributed by atoms with Crippen molar-refractivity contribution in [2.24, 2.45) is 0 Å². The predicted octanol–water partition coefficient (Wildman–Crippen LogP) is 3.66. The van der Waals surface area contributed by atoms with Gasteiger partial charge in [0.25, 0.3) is 0 Å². The lowest BCUT2D eigenvalue weighted by atomic mass is 10.2.